The number of rotatable bonds is 5. The summed E-state index contributed by atoms with van der Waals surface area (Å²) in [6, 6.07) is 0. The van der Waals surface area contributed by atoms with E-state index in [1.54, 1.807) is 5.57 Å². The first kappa shape index (κ1) is 21.0. The molecule has 0 radical (unpaired) electrons. The Labute approximate surface area is 174 Å². The van der Waals surface area contributed by atoms with E-state index in [4.69, 9.17) is 0 Å². The lowest BCUT2D eigenvalue weighted by atomic mass is 9.47. The van der Waals surface area contributed by atoms with Gasteiger partial charge in [-0.15, -0.1) is 0 Å². The molecule has 8 atom stereocenters. The molecule has 0 aromatic carbocycles. The van der Waals surface area contributed by atoms with Crippen LogP contribution in [0.25, 0.3) is 0 Å². The standard InChI is InChI=1S/C27H46O/c1-18(2)7-6-8-19(3)23-11-12-24-22-10-9-20-17-21(28)13-15-26(20,4)25(22)14-16-27(23,24)5/h9,18-19,21-25,28H,6-8,10-17H2,1-5H3/t19-,21+,22?,23-,24+,25?,26?,27-/m1/s1. The second-order valence-corrected chi connectivity index (χ2v) is 12.2. The minimum Gasteiger partial charge on any atom is -0.393 e. The fraction of sp³-hybridized carbons (Fsp3) is 0.926. The SMILES string of the molecule is CC(C)CCC[C@@H](C)[C@H]1CC[C@H]2C3CC=C4C[C@@H](O)CCC4(C)C3CC[C@]12C. The van der Waals surface area contributed by atoms with Crippen molar-refractivity contribution in [3.8, 4) is 0 Å². The maximum Gasteiger partial charge on any atom is 0.0577 e. The van der Waals surface area contributed by atoms with Gasteiger partial charge in [0.05, 0.1) is 6.10 Å². The third kappa shape index (κ3) is 3.42. The van der Waals surface area contributed by atoms with E-state index in [-0.39, 0.29) is 6.10 Å². The lowest BCUT2D eigenvalue weighted by Crippen LogP contribution is -2.50. The predicted molar refractivity (Wildman–Crippen MR) is 119 cm³/mol. The third-order valence-corrected chi connectivity index (χ3v) is 10.3. The molecular weight excluding hydrogens is 340 g/mol. The summed E-state index contributed by atoms with van der Waals surface area (Å²) < 4.78 is 0. The number of fused-ring (bicyclic) bond motifs is 5. The highest BCUT2D eigenvalue weighted by Crippen LogP contribution is 2.67. The van der Waals surface area contributed by atoms with Gasteiger partial charge in [0.2, 0.25) is 0 Å². The van der Waals surface area contributed by atoms with Crippen molar-refractivity contribution in [1.29, 1.82) is 0 Å². The van der Waals surface area contributed by atoms with Crippen molar-refractivity contribution in [2.45, 2.75) is 111 Å². The van der Waals surface area contributed by atoms with Crippen molar-refractivity contribution in [3.05, 3.63) is 11.6 Å². The topological polar surface area (TPSA) is 20.2 Å². The average Bonchev–Trinajstić information content (AvgIpc) is 2.99. The number of aliphatic hydroxyl groups excluding tert-OH is 1. The van der Waals surface area contributed by atoms with Gasteiger partial charge in [-0.3, -0.25) is 0 Å². The van der Waals surface area contributed by atoms with E-state index in [9.17, 15) is 5.11 Å². The zero-order valence-electron chi connectivity index (χ0n) is 19.3. The summed E-state index contributed by atoms with van der Waals surface area (Å²) in [5.41, 5.74) is 2.60. The first-order chi connectivity index (χ1) is 13.3. The van der Waals surface area contributed by atoms with Gasteiger partial charge in [0.15, 0.2) is 0 Å². The monoisotopic (exact) mass is 386 g/mol. The first-order valence-corrected chi connectivity index (χ1v) is 12.6. The van der Waals surface area contributed by atoms with Crippen molar-refractivity contribution in [2.75, 3.05) is 0 Å². The fourth-order valence-corrected chi connectivity index (χ4v) is 8.67. The van der Waals surface area contributed by atoms with Crippen LogP contribution < -0.4 is 0 Å². The zero-order chi connectivity index (χ0) is 20.1. The largest absolute Gasteiger partial charge is 0.393 e. The smallest absolute Gasteiger partial charge is 0.0577 e. The molecule has 0 aromatic heterocycles. The maximum atomic E-state index is 10.2. The van der Waals surface area contributed by atoms with Gasteiger partial charge in [0.25, 0.3) is 0 Å². The molecule has 0 spiro atoms. The molecule has 0 heterocycles. The molecule has 0 saturated heterocycles. The Kier molecular flexibility index (Phi) is 5.80. The minimum absolute atomic E-state index is 0.0766. The lowest BCUT2D eigenvalue weighted by molar-refractivity contribution is -0.0573. The Hall–Kier alpha value is -0.300. The van der Waals surface area contributed by atoms with Gasteiger partial charge in [-0.1, -0.05) is 65.5 Å². The van der Waals surface area contributed by atoms with E-state index in [1.165, 1.54) is 57.8 Å². The summed E-state index contributed by atoms with van der Waals surface area (Å²) in [6.07, 6.45) is 17.2. The van der Waals surface area contributed by atoms with E-state index in [2.05, 4.69) is 40.7 Å². The summed E-state index contributed by atoms with van der Waals surface area (Å²) in [5.74, 6) is 5.46. The zero-order valence-corrected chi connectivity index (χ0v) is 19.3. The van der Waals surface area contributed by atoms with Gasteiger partial charge in [-0.2, -0.15) is 0 Å². The van der Waals surface area contributed by atoms with Gasteiger partial charge in [0, 0.05) is 0 Å². The van der Waals surface area contributed by atoms with Gasteiger partial charge >= 0.3 is 0 Å². The summed E-state index contributed by atoms with van der Waals surface area (Å²) in [5, 5.41) is 10.2. The van der Waals surface area contributed by atoms with Crippen LogP contribution in [0.1, 0.15) is 105 Å². The highest BCUT2D eigenvalue weighted by Gasteiger charge is 2.59. The molecule has 1 nitrogen and oxygen atoms in total. The highest BCUT2D eigenvalue weighted by atomic mass is 16.3. The molecule has 160 valence electrons. The Morgan fingerprint density at radius 1 is 1.00 bits per heavy atom. The van der Waals surface area contributed by atoms with Crippen LogP contribution in [-0.4, -0.2) is 11.2 Å². The number of hydrogen-bond acceptors (Lipinski definition) is 1. The predicted octanol–water partition coefficient (Wildman–Crippen LogP) is 7.39. The van der Waals surface area contributed by atoms with Crippen LogP contribution >= 0.6 is 0 Å². The summed E-state index contributed by atoms with van der Waals surface area (Å²) >= 11 is 0. The quantitative estimate of drug-likeness (QED) is 0.488. The van der Waals surface area contributed by atoms with Crippen LogP contribution in [0.2, 0.25) is 0 Å². The first-order valence-electron chi connectivity index (χ1n) is 12.6. The van der Waals surface area contributed by atoms with E-state index in [0.717, 1.165) is 48.3 Å². The van der Waals surface area contributed by atoms with E-state index in [1.807, 2.05) is 0 Å². The number of allylic oxidation sites excluding steroid dienone is 1. The number of hydrogen-bond donors (Lipinski definition) is 1. The molecule has 3 fully saturated rings. The third-order valence-electron chi connectivity index (χ3n) is 10.3. The Balaban J connectivity index is 1.49. The second-order valence-electron chi connectivity index (χ2n) is 12.2. The van der Waals surface area contributed by atoms with E-state index < -0.39 is 0 Å². The van der Waals surface area contributed by atoms with Gasteiger partial charge < -0.3 is 5.11 Å². The highest BCUT2D eigenvalue weighted by molar-refractivity contribution is 5.25. The van der Waals surface area contributed by atoms with Crippen molar-refractivity contribution >= 4 is 0 Å². The number of aliphatic hydroxyl groups is 1. The molecular formula is C27H46O. The summed E-state index contributed by atoms with van der Waals surface area (Å²) in [6.45, 7) is 12.6. The van der Waals surface area contributed by atoms with Gasteiger partial charge in [-0.05, 0) is 97.7 Å². The Morgan fingerprint density at radius 2 is 1.79 bits per heavy atom. The van der Waals surface area contributed by atoms with Crippen molar-refractivity contribution in [3.63, 3.8) is 0 Å². The van der Waals surface area contributed by atoms with Crippen molar-refractivity contribution in [2.24, 2.45) is 46.3 Å². The second kappa shape index (κ2) is 7.75. The molecule has 1 N–H and O–H groups in total. The Bertz CT molecular complexity index is 591. The molecule has 4 rings (SSSR count). The molecule has 0 aromatic rings. The molecule has 1 heteroatoms. The van der Waals surface area contributed by atoms with E-state index in [0.29, 0.717) is 10.8 Å². The average molecular weight is 387 g/mol. The van der Waals surface area contributed by atoms with Crippen molar-refractivity contribution < 1.29 is 5.11 Å². The molecule has 28 heavy (non-hydrogen) atoms. The molecule has 4 aliphatic carbocycles. The van der Waals surface area contributed by atoms with Crippen LogP contribution in [0.5, 0.6) is 0 Å². The van der Waals surface area contributed by atoms with Crippen LogP contribution in [0.3, 0.4) is 0 Å². The van der Waals surface area contributed by atoms with Gasteiger partial charge in [0.1, 0.15) is 0 Å². The lowest BCUT2D eigenvalue weighted by Gasteiger charge is -2.58. The normalized spacial score (nSPS) is 46.5. The Morgan fingerprint density at radius 3 is 2.54 bits per heavy atom. The minimum atomic E-state index is -0.0766. The molecule has 0 aliphatic heterocycles. The molecule has 3 unspecified atom stereocenters. The molecule has 0 bridgehead atoms. The summed E-state index contributed by atoms with van der Waals surface area (Å²) in [4.78, 5) is 0. The fourth-order valence-electron chi connectivity index (χ4n) is 8.67. The maximum absolute atomic E-state index is 10.2. The van der Waals surface area contributed by atoms with E-state index >= 15 is 0 Å². The van der Waals surface area contributed by atoms with Crippen LogP contribution in [0.4, 0.5) is 0 Å². The molecule has 3 saturated carbocycles. The van der Waals surface area contributed by atoms with Crippen LogP contribution in [0.15, 0.2) is 11.6 Å². The van der Waals surface area contributed by atoms with Crippen LogP contribution in [-0.2, 0) is 0 Å². The van der Waals surface area contributed by atoms with Crippen LogP contribution in [0, 0.1) is 46.3 Å². The summed E-state index contributed by atoms with van der Waals surface area (Å²) in [7, 11) is 0. The van der Waals surface area contributed by atoms with Gasteiger partial charge in [-0.25, -0.2) is 0 Å². The molecule has 4 aliphatic rings. The van der Waals surface area contributed by atoms with Crippen molar-refractivity contribution in [1.82, 2.24) is 0 Å². The molecule has 0 amide bonds.